The Balaban J connectivity index is 0.00000156. The summed E-state index contributed by atoms with van der Waals surface area (Å²) >= 11 is 0. The Kier molecular flexibility index (Phi) is 4.81. The lowest BCUT2D eigenvalue weighted by atomic mass is 9.74. The minimum Gasteiger partial charge on any atom is -0.396 e. The first-order valence-electron chi connectivity index (χ1n) is 8.38. The van der Waals surface area contributed by atoms with Crippen LogP contribution in [0.15, 0.2) is 36.9 Å². The second-order valence-electron chi connectivity index (χ2n) is 6.73. The van der Waals surface area contributed by atoms with Crippen LogP contribution in [0.25, 0.3) is 10.9 Å². The normalized spacial score (nSPS) is 29.4. The number of hydrogen-bond acceptors (Lipinski definition) is 2. The molecule has 3 saturated heterocycles. The molecule has 1 aromatic carbocycles. The van der Waals surface area contributed by atoms with Crippen molar-refractivity contribution >= 4 is 23.3 Å². The molecule has 0 radical (unpaired) electrons. The second kappa shape index (κ2) is 6.68. The third-order valence-electron chi connectivity index (χ3n) is 5.65. The lowest BCUT2D eigenvalue weighted by molar-refractivity contribution is 0.0163. The van der Waals surface area contributed by atoms with Gasteiger partial charge in [-0.1, -0.05) is 24.3 Å². The van der Waals surface area contributed by atoms with Gasteiger partial charge in [0.1, 0.15) is 0 Å². The quantitative estimate of drug-likeness (QED) is 0.838. The molecule has 5 rings (SSSR count). The predicted octanol–water partition coefficient (Wildman–Crippen LogP) is 3.69. The van der Waals surface area contributed by atoms with E-state index in [2.05, 4.69) is 46.8 Å². The predicted molar refractivity (Wildman–Crippen MR) is 97.1 cm³/mol. The van der Waals surface area contributed by atoms with Gasteiger partial charge < -0.3 is 10.1 Å². The van der Waals surface area contributed by atoms with Gasteiger partial charge in [0.2, 0.25) is 0 Å². The minimum absolute atomic E-state index is 0. The maximum Gasteiger partial charge on any atom is 0.0504 e. The molecule has 0 amide bonds. The molecule has 0 aliphatic carbocycles. The molecular formula is C19H25ClN2O. The number of H-pyrrole nitrogens is 1. The molecule has 0 spiro atoms. The Morgan fingerprint density at radius 2 is 2.17 bits per heavy atom. The van der Waals surface area contributed by atoms with E-state index >= 15 is 0 Å². The number of rotatable bonds is 4. The van der Waals surface area contributed by atoms with Crippen LogP contribution >= 0.6 is 12.4 Å². The van der Waals surface area contributed by atoms with Crippen molar-refractivity contribution in [1.29, 1.82) is 0 Å². The molecule has 4 heterocycles. The molecule has 2 aromatic rings. The lowest BCUT2D eigenvalue weighted by Crippen LogP contribution is -2.48. The molecule has 23 heavy (non-hydrogen) atoms. The fourth-order valence-electron chi connectivity index (χ4n) is 4.52. The number of aliphatic hydroxyl groups excluding tert-OH is 1. The van der Waals surface area contributed by atoms with Crippen molar-refractivity contribution < 1.29 is 5.11 Å². The minimum atomic E-state index is 0. The van der Waals surface area contributed by atoms with Crippen LogP contribution in [0.3, 0.4) is 0 Å². The number of hydrogen-bond donors (Lipinski definition) is 2. The molecule has 4 atom stereocenters. The van der Waals surface area contributed by atoms with Gasteiger partial charge in [-0.15, -0.1) is 19.0 Å². The van der Waals surface area contributed by atoms with Crippen molar-refractivity contribution in [2.75, 3.05) is 19.7 Å². The van der Waals surface area contributed by atoms with Crippen LogP contribution in [-0.2, 0) is 6.42 Å². The summed E-state index contributed by atoms with van der Waals surface area (Å²) in [6, 6.07) is 8.95. The molecule has 2 bridgehead atoms. The Bertz CT molecular complexity index is 696. The number of aliphatic hydroxyl groups is 1. The summed E-state index contributed by atoms with van der Waals surface area (Å²) in [5, 5.41) is 10.8. The van der Waals surface area contributed by atoms with E-state index in [-0.39, 0.29) is 19.0 Å². The van der Waals surface area contributed by atoms with Crippen molar-refractivity contribution in [3.63, 3.8) is 0 Å². The van der Waals surface area contributed by atoms with Gasteiger partial charge in [0.05, 0.1) is 6.04 Å². The first-order valence-corrected chi connectivity index (χ1v) is 8.38. The summed E-state index contributed by atoms with van der Waals surface area (Å²) in [6.45, 7) is 6.54. The van der Waals surface area contributed by atoms with Gasteiger partial charge in [0, 0.05) is 29.7 Å². The first-order chi connectivity index (χ1) is 10.8. The van der Waals surface area contributed by atoms with Gasteiger partial charge in [-0.2, -0.15) is 0 Å². The third kappa shape index (κ3) is 2.71. The van der Waals surface area contributed by atoms with E-state index in [0.717, 1.165) is 18.9 Å². The van der Waals surface area contributed by atoms with Crippen LogP contribution < -0.4 is 0 Å². The fourth-order valence-corrected chi connectivity index (χ4v) is 4.52. The topological polar surface area (TPSA) is 39.3 Å². The van der Waals surface area contributed by atoms with Crippen LogP contribution in [0.2, 0.25) is 0 Å². The van der Waals surface area contributed by atoms with Crippen LogP contribution in [0.5, 0.6) is 0 Å². The third-order valence-corrected chi connectivity index (χ3v) is 5.65. The number of piperidine rings is 3. The molecule has 4 heteroatoms. The van der Waals surface area contributed by atoms with Crippen molar-refractivity contribution in [3.8, 4) is 0 Å². The molecule has 3 fully saturated rings. The smallest absolute Gasteiger partial charge is 0.0504 e. The van der Waals surface area contributed by atoms with Gasteiger partial charge in [-0.25, -0.2) is 0 Å². The number of nitrogens with one attached hydrogen (secondary N) is 1. The average Bonchev–Trinajstić information content (AvgIpc) is 2.94. The largest absolute Gasteiger partial charge is 0.396 e. The van der Waals surface area contributed by atoms with E-state index in [1.165, 1.54) is 41.5 Å². The Hall–Kier alpha value is -1.29. The highest BCUT2D eigenvalue weighted by molar-refractivity contribution is 5.85. The highest BCUT2D eigenvalue weighted by Crippen LogP contribution is 2.45. The Morgan fingerprint density at radius 3 is 2.87 bits per heavy atom. The average molecular weight is 333 g/mol. The molecular weight excluding hydrogens is 308 g/mol. The van der Waals surface area contributed by atoms with Crippen molar-refractivity contribution in [1.82, 2.24) is 9.88 Å². The lowest BCUT2D eigenvalue weighted by Gasteiger charge is -2.49. The number of halogens is 1. The highest BCUT2D eigenvalue weighted by atomic mass is 35.5. The van der Waals surface area contributed by atoms with E-state index in [1.807, 2.05) is 0 Å². The number of para-hydroxylation sites is 1. The van der Waals surface area contributed by atoms with Crippen LogP contribution in [0.1, 0.15) is 30.1 Å². The number of fused-ring (bicyclic) bond motifs is 4. The number of aromatic nitrogens is 1. The molecule has 4 unspecified atom stereocenters. The zero-order chi connectivity index (χ0) is 15.1. The van der Waals surface area contributed by atoms with Gasteiger partial charge in [-0.05, 0) is 49.3 Å². The first kappa shape index (κ1) is 16.6. The summed E-state index contributed by atoms with van der Waals surface area (Å²) in [4.78, 5) is 6.27. The maximum absolute atomic E-state index is 9.49. The van der Waals surface area contributed by atoms with E-state index in [1.54, 1.807) is 0 Å². The number of aromatic amines is 1. The SMILES string of the molecule is C=CC1CN2CCC1CC2c1[nH]c2ccccc2c1CCO.Cl. The molecule has 0 saturated carbocycles. The van der Waals surface area contributed by atoms with E-state index in [9.17, 15) is 5.11 Å². The van der Waals surface area contributed by atoms with Crippen molar-refractivity contribution in [2.24, 2.45) is 11.8 Å². The monoisotopic (exact) mass is 332 g/mol. The highest BCUT2D eigenvalue weighted by Gasteiger charge is 2.40. The van der Waals surface area contributed by atoms with Crippen molar-refractivity contribution in [3.05, 3.63) is 48.2 Å². The molecule has 124 valence electrons. The number of benzene rings is 1. The van der Waals surface area contributed by atoms with E-state index < -0.39 is 0 Å². The summed E-state index contributed by atoms with van der Waals surface area (Å²) in [7, 11) is 0. The summed E-state index contributed by atoms with van der Waals surface area (Å²) in [5.41, 5.74) is 3.84. The standard InChI is InChI=1S/C19H24N2O.ClH/c1-2-13-12-21-9-7-14(13)11-18(21)19-16(8-10-22)15-5-3-4-6-17(15)20-19;/h2-6,13-14,18,20,22H,1,7-12H2;1H. The summed E-state index contributed by atoms with van der Waals surface area (Å²) in [5.74, 6) is 1.41. The molecule has 2 N–H and O–H groups in total. The maximum atomic E-state index is 9.49. The van der Waals surface area contributed by atoms with Gasteiger partial charge >= 0.3 is 0 Å². The van der Waals surface area contributed by atoms with Crippen LogP contribution in [0, 0.1) is 11.8 Å². The van der Waals surface area contributed by atoms with Crippen molar-refractivity contribution in [2.45, 2.75) is 25.3 Å². The zero-order valence-electron chi connectivity index (χ0n) is 13.4. The van der Waals surface area contributed by atoms with Gasteiger partial charge in [0.15, 0.2) is 0 Å². The molecule has 3 aliphatic heterocycles. The number of nitrogens with zero attached hydrogens (tertiary/aromatic N) is 1. The molecule has 1 aromatic heterocycles. The Morgan fingerprint density at radius 1 is 1.35 bits per heavy atom. The van der Waals surface area contributed by atoms with Crippen LogP contribution in [-0.4, -0.2) is 34.7 Å². The molecule has 3 nitrogen and oxygen atoms in total. The van der Waals surface area contributed by atoms with Gasteiger partial charge in [0.25, 0.3) is 0 Å². The van der Waals surface area contributed by atoms with E-state index in [0.29, 0.717) is 12.0 Å². The van der Waals surface area contributed by atoms with Crippen LogP contribution in [0.4, 0.5) is 0 Å². The van der Waals surface area contributed by atoms with Gasteiger partial charge in [-0.3, -0.25) is 4.90 Å². The summed E-state index contributed by atoms with van der Waals surface area (Å²) < 4.78 is 0. The fraction of sp³-hybridized carbons (Fsp3) is 0.474. The second-order valence-corrected chi connectivity index (χ2v) is 6.73. The van der Waals surface area contributed by atoms with E-state index in [4.69, 9.17) is 0 Å². The molecule has 3 aliphatic rings. The zero-order valence-corrected chi connectivity index (χ0v) is 14.2. The Labute approximate surface area is 143 Å². The summed E-state index contributed by atoms with van der Waals surface area (Å²) in [6.07, 6.45) is 5.39.